The summed E-state index contributed by atoms with van der Waals surface area (Å²) in [4.78, 5) is 11.8. The van der Waals surface area contributed by atoms with E-state index in [2.05, 4.69) is 6.92 Å². The Balaban J connectivity index is 1.89. The Morgan fingerprint density at radius 3 is 1.91 bits per heavy atom. The molecule has 0 unspecified atom stereocenters. The van der Waals surface area contributed by atoms with Gasteiger partial charge in [-0.25, -0.2) is 0 Å². The number of ether oxygens (including phenoxy) is 2. The first-order valence-corrected chi connectivity index (χ1v) is 12.9. The zero-order valence-electron chi connectivity index (χ0n) is 20.6. The van der Waals surface area contributed by atoms with Crippen molar-refractivity contribution >= 4 is 12.0 Å². The molecule has 182 valence electrons. The van der Waals surface area contributed by atoms with E-state index in [0.717, 1.165) is 18.4 Å². The van der Waals surface area contributed by atoms with Crippen LogP contribution in [-0.4, -0.2) is 24.8 Å². The van der Waals surface area contributed by atoms with Gasteiger partial charge in [-0.1, -0.05) is 109 Å². The second-order valence-electron chi connectivity index (χ2n) is 8.72. The molecule has 4 heteroatoms. The maximum Gasteiger partial charge on any atom is 0.306 e. The number of carbonyl (C=O) groups excluding carboxylic acids is 1. The highest BCUT2D eigenvalue weighted by Gasteiger charge is 2.02. The van der Waals surface area contributed by atoms with Crippen LogP contribution >= 0.6 is 0 Å². The predicted molar refractivity (Wildman–Crippen MR) is 134 cm³/mol. The molecule has 0 saturated carbocycles. The van der Waals surface area contributed by atoms with E-state index in [9.17, 15) is 9.90 Å². The summed E-state index contributed by atoms with van der Waals surface area (Å²) < 4.78 is 10.3. The Labute approximate surface area is 196 Å². The Morgan fingerprint density at radius 2 is 1.38 bits per heavy atom. The third-order valence-corrected chi connectivity index (χ3v) is 5.84. The van der Waals surface area contributed by atoms with Crippen LogP contribution in [0.2, 0.25) is 0 Å². The number of phenols is 1. The minimum absolute atomic E-state index is 0.111. The molecular formula is C28H46O4. The lowest BCUT2D eigenvalue weighted by Gasteiger charge is -2.04. The average Bonchev–Trinajstić information content (AvgIpc) is 2.80. The molecule has 1 aromatic carbocycles. The molecule has 0 bridgehead atoms. The first-order valence-electron chi connectivity index (χ1n) is 12.9. The molecule has 1 N–H and O–H groups in total. The van der Waals surface area contributed by atoms with Crippen LogP contribution in [0.3, 0.4) is 0 Å². The second kappa shape index (κ2) is 19.7. The summed E-state index contributed by atoms with van der Waals surface area (Å²) in [6.45, 7) is 2.54. The standard InChI is InChI=1S/C28H46O4/c1-3-4-5-6-7-8-9-10-11-12-13-14-15-16-17-20-28(30)32-23-18-19-25-21-22-26(29)27(24-25)31-2/h18-19,21-22,24,29H,3-17,20,23H2,1-2H3/b19-18+. The number of unbranched alkanes of at least 4 members (excludes halogenated alkanes) is 14. The van der Waals surface area contributed by atoms with Crippen molar-refractivity contribution < 1.29 is 19.4 Å². The van der Waals surface area contributed by atoms with Crippen molar-refractivity contribution in [1.29, 1.82) is 0 Å². The van der Waals surface area contributed by atoms with Crippen LogP contribution in [-0.2, 0) is 9.53 Å². The maximum absolute atomic E-state index is 11.8. The largest absolute Gasteiger partial charge is 0.504 e. The molecule has 4 nitrogen and oxygen atoms in total. The SMILES string of the molecule is CCCCCCCCCCCCCCCCCC(=O)OC/C=C/c1ccc(O)c(OC)c1. The van der Waals surface area contributed by atoms with Crippen molar-refractivity contribution in [2.24, 2.45) is 0 Å². The fourth-order valence-corrected chi connectivity index (χ4v) is 3.84. The molecule has 0 fully saturated rings. The molecule has 1 aromatic rings. The van der Waals surface area contributed by atoms with E-state index in [1.165, 1.54) is 90.6 Å². The fourth-order valence-electron chi connectivity index (χ4n) is 3.84. The summed E-state index contributed by atoms with van der Waals surface area (Å²) in [6.07, 6.45) is 24.0. The first-order chi connectivity index (χ1) is 15.7. The van der Waals surface area contributed by atoms with Gasteiger partial charge >= 0.3 is 5.97 Å². The van der Waals surface area contributed by atoms with Crippen molar-refractivity contribution in [2.45, 2.75) is 110 Å². The van der Waals surface area contributed by atoms with Crippen molar-refractivity contribution in [3.8, 4) is 11.5 Å². The van der Waals surface area contributed by atoms with Crippen LogP contribution in [0, 0.1) is 0 Å². The van der Waals surface area contributed by atoms with Gasteiger partial charge < -0.3 is 14.6 Å². The zero-order chi connectivity index (χ0) is 23.3. The molecule has 0 saturated heterocycles. The summed E-state index contributed by atoms with van der Waals surface area (Å²) in [6, 6.07) is 5.11. The molecule has 1 rings (SSSR count). The Bertz CT molecular complexity index is 624. The van der Waals surface area contributed by atoms with E-state index in [1.807, 2.05) is 6.08 Å². The Kier molecular flexibility index (Phi) is 17.3. The van der Waals surface area contributed by atoms with Gasteiger partial charge in [-0.05, 0) is 30.2 Å². The van der Waals surface area contributed by atoms with Crippen LogP contribution < -0.4 is 4.74 Å². The van der Waals surface area contributed by atoms with Crippen LogP contribution in [0.15, 0.2) is 24.3 Å². The van der Waals surface area contributed by atoms with Crippen LogP contribution in [0.5, 0.6) is 11.5 Å². The van der Waals surface area contributed by atoms with Crippen molar-refractivity contribution in [1.82, 2.24) is 0 Å². The van der Waals surface area contributed by atoms with Gasteiger partial charge in [0.25, 0.3) is 0 Å². The first kappa shape index (κ1) is 28.1. The number of aromatic hydroxyl groups is 1. The molecule has 0 aromatic heterocycles. The number of rotatable bonds is 20. The van der Waals surface area contributed by atoms with Gasteiger partial charge in [0.15, 0.2) is 11.5 Å². The second-order valence-corrected chi connectivity index (χ2v) is 8.72. The predicted octanol–water partition coefficient (Wildman–Crippen LogP) is 8.22. The van der Waals surface area contributed by atoms with Gasteiger partial charge in [-0.2, -0.15) is 0 Å². The van der Waals surface area contributed by atoms with Crippen LogP contribution in [0.4, 0.5) is 0 Å². The van der Waals surface area contributed by atoms with Gasteiger partial charge in [-0.15, -0.1) is 0 Å². The van der Waals surface area contributed by atoms with E-state index in [4.69, 9.17) is 9.47 Å². The van der Waals surface area contributed by atoms with Gasteiger partial charge in [0.2, 0.25) is 0 Å². The minimum Gasteiger partial charge on any atom is -0.504 e. The van der Waals surface area contributed by atoms with Gasteiger partial charge in [0.05, 0.1) is 7.11 Å². The van der Waals surface area contributed by atoms with E-state index < -0.39 is 0 Å². The van der Waals surface area contributed by atoms with E-state index in [0.29, 0.717) is 12.2 Å². The summed E-state index contributed by atoms with van der Waals surface area (Å²) in [5, 5.41) is 9.59. The third kappa shape index (κ3) is 14.9. The monoisotopic (exact) mass is 446 g/mol. The third-order valence-electron chi connectivity index (χ3n) is 5.84. The summed E-state index contributed by atoms with van der Waals surface area (Å²) in [7, 11) is 1.52. The van der Waals surface area contributed by atoms with Crippen LogP contribution in [0.25, 0.3) is 6.08 Å². The summed E-state index contributed by atoms with van der Waals surface area (Å²) in [5.74, 6) is 0.407. The smallest absolute Gasteiger partial charge is 0.306 e. The Hall–Kier alpha value is -1.97. The highest BCUT2D eigenvalue weighted by atomic mass is 16.5. The van der Waals surface area contributed by atoms with Crippen molar-refractivity contribution in [3.05, 3.63) is 29.8 Å². The van der Waals surface area contributed by atoms with Gasteiger partial charge in [-0.3, -0.25) is 4.79 Å². The average molecular weight is 447 g/mol. The molecule has 32 heavy (non-hydrogen) atoms. The minimum atomic E-state index is -0.132. The number of hydrogen-bond acceptors (Lipinski definition) is 4. The molecule has 0 spiro atoms. The van der Waals surface area contributed by atoms with E-state index in [-0.39, 0.29) is 18.3 Å². The lowest BCUT2D eigenvalue weighted by molar-refractivity contribution is -0.142. The topological polar surface area (TPSA) is 55.8 Å². The molecule has 0 aliphatic rings. The number of benzene rings is 1. The number of methoxy groups -OCH3 is 1. The molecule has 0 amide bonds. The quantitative estimate of drug-likeness (QED) is 0.162. The highest BCUT2D eigenvalue weighted by Crippen LogP contribution is 2.26. The lowest BCUT2D eigenvalue weighted by atomic mass is 10.0. The molecule has 0 heterocycles. The maximum atomic E-state index is 11.8. The molecular weight excluding hydrogens is 400 g/mol. The number of phenolic OH excluding ortho intramolecular Hbond substituents is 1. The highest BCUT2D eigenvalue weighted by molar-refractivity contribution is 5.69. The van der Waals surface area contributed by atoms with Gasteiger partial charge in [0.1, 0.15) is 6.61 Å². The lowest BCUT2D eigenvalue weighted by Crippen LogP contribution is -2.03. The number of esters is 1. The number of carbonyl (C=O) groups is 1. The molecule has 0 atom stereocenters. The van der Waals surface area contributed by atoms with E-state index >= 15 is 0 Å². The van der Waals surface area contributed by atoms with Crippen molar-refractivity contribution in [3.63, 3.8) is 0 Å². The summed E-state index contributed by atoms with van der Waals surface area (Å²) >= 11 is 0. The number of hydrogen-bond donors (Lipinski definition) is 1. The fraction of sp³-hybridized carbons (Fsp3) is 0.679. The van der Waals surface area contributed by atoms with Gasteiger partial charge in [0, 0.05) is 6.42 Å². The normalized spacial score (nSPS) is 11.2. The van der Waals surface area contributed by atoms with E-state index in [1.54, 1.807) is 24.3 Å². The summed E-state index contributed by atoms with van der Waals surface area (Å²) in [5.41, 5.74) is 0.887. The molecule has 0 radical (unpaired) electrons. The molecule has 0 aliphatic carbocycles. The van der Waals surface area contributed by atoms with Crippen molar-refractivity contribution in [2.75, 3.05) is 13.7 Å². The Morgan fingerprint density at radius 1 is 0.844 bits per heavy atom. The molecule has 0 aliphatic heterocycles. The zero-order valence-corrected chi connectivity index (χ0v) is 20.6. The van der Waals surface area contributed by atoms with Crippen LogP contribution in [0.1, 0.15) is 115 Å².